The fourth-order valence-electron chi connectivity index (χ4n) is 2.57. The van der Waals surface area contributed by atoms with Crippen LogP contribution in [0.25, 0.3) is 0 Å². The minimum absolute atomic E-state index is 0.0401. The summed E-state index contributed by atoms with van der Waals surface area (Å²) in [5.41, 5.74) is 0.502. The van der Waals surface area contributed by atoms with E-state index in [9.17, 15) is 18.0 Å². The van der Waals surface area contributed by atoms with E-state index < -0.39 is 11.7 Å². The van der Waals surface area contributed by atoms with Crippen molar-refractivity contribution in [2.75, 3.05) is 12.4 Å². The highest BCUT2D eigenvalue weighted by molar-refractivity contribution is 5.92. The lowest BCUT2D eigenvalue weighted by Crippen LogP contribution is -2.27. The fourth-order valence-corrected chi connectivity index (χ4v) is 2.57. The summed E-state index contributed by atoms with van der Waals surface area (Å²) in [5.74, 6) is -0.281. The van der Waals surface area contributed by atoms with Crippen LogP contribution >= 0.6 is 0 Å². The Kier molecular flexibility index (Phi) is 5.58. The van der Waals surface area contributed by atoms with Gasteiger partial charge in [0.15, 0.2) is 0 Å². The maximum absolute atomic E-state index is 12.8. The lowest BCUT2D eigenvalue weighted by Gasteiger charge is -2.17. The van der Waals surface area contributed by atoms with E-state index in [2.05, 4.69) is 15.3 Å². The van der Waals surface area contributed by atoms with Gasteiger partial charge in [0.25, 0.3) is 5.91 Å². The zero-order valence-corrected chi connectivity index (χ0v) is 14.9. The third-order valence-electron chi connectivity index (χ3n) is 3.93. The predicted octanol–water partition coefficient (Wildman–Crippen LogP) is 4.51. The van der Waals surface area contributed by atoms with Gasteiger partial charge in [0.1, 0.15) is 5.69 Å². The summed E-state index contributed by atoms with van der Waals surface area (Å²) < 4.78 is 38.5. The predicted molar refractivity (Wildman–Crippen MR) is 99.0 cm³/mol. The molecule has 28 heavy (non-hydrogen) atoms. The number of hydrogen-bond acceptors (Lipinski definition) is 4. The number of amides is 1. The molecule has 0 fully saturated rings. The standard InChI is InChI=1S/C20H17F3N4O/c1-27(13-14-6-3-2-4-7-14)18(28)17-10-11-24-19(26-17)25-16-9-5-8-15(12-16)20(21,22)23/h2-12H,13H2,1H3,(H,24,25,26). The van der Waals surface area contributed by atoms with Gasteiger partial charge in [-0.2, -0.15) is 13.2 Å². The summed E-state index contributed by atoms with van der Waals surface area (Å²) in [6, 6.07) is 15.6. The van der Waals surface area contributed by atoms with Crippen LogP contribution in [0.3, 0.4) is 0 Å². The second-order valence-corrected chi connectivity index (χ2v) is 6.12. The number of hydrogen-bond donors (Lipinski definition) is 1. The average Bonchev–Trinajstić information content (AvgIpc) is 2.68. The smallest absolute Gasteiger partial charge is 0.336 e. The summed E-state index contributed by atoms with van der Waals surface area (Å²) in [4.78, 5) is 22.2. The average molecular weight is 386 g/mol. The number of halogens is 3. The molecule has 0 unspecified atom stereocenters. The molecule has 1 aromatic heterocycles. The van der Waals surface area contributed by atoms with E-state index >= 15 is 0 Å². The van der Waals surface area contributed by atoms with Crippen molar-refractivity contribution in [3.63, 3.8) is 0 Å². The van der Waals surface area contributed by atoms with Crippen molar-refractivity contribution in [3.05, 3.63) is 83.7 Å². The molecule has 0 saturated carbocycles. The third-order valence-corrected chi connectivity index (χ3v) is 3.93. The van der Waals surface area contributed by atoms with Gasteiger partial charge in [-0.1, -0.05) is 36.4 Å². The first-order valence-electron chi connectivity index (χ1n) is 8.39. The van der Waals surface area contributed by atoms with E-state index in [-0.39, 0.29) is 23.2 Å². The first-order valence-corrected chi connectivity index (χ1v) is 8.39. The van der Waals surface area contributed by atoms with Crippen LogP contribution in [0.2, 0.25) is 0 Å². The Hall–Kier alpha value is -3.42. The van der Waals surface area contributed by atoms with Gasteiger partial charge >= 0.3 is 6.18 Å². The molecule has 3 rings (SSSR count). The molecule has 0 saturated heterocycles. The minimum atomic E-state index is -4.45. The van der Waals surface area contributed by atoms with E-state index in [0.29, 0.717) is 6.54 Å². The monoisotopic (exact) mass is 386 g/mol. The Balaban J connectivity index is 1.74. The summed E-state index contributed by atoms with van der Waals surface area (Å²) in [7, 11) is 1.65. The van der Waals surface area contributed by atoms with Gasteiger partial charge in [0, 0.05) is 25.5 Å². The number of anilines is 2. The SMILES string of the molecule is CN(Cc1ccccc1)C(=O)c1ccnc(Nc2cccc(C(F)(F)F)c2)n1. The molecule has 0 aliphatic rings. The zero-order valence-electron chi connectivity index (χ0n) is 14.9. The Bertz CT molecular complexity index is 961. The fraction of sp³-hybridized carbons (Fsp3) is 0.150. The van der Waals surface area contributed by atoms with Gasteiger partial charge in [-0.25, -0.2) is 9.97 Å². The molecular formula is C20H17F3N4O. The van der Waals surface area contributed by atoms with Gasteiger partial charge in [0.2, 0.25) is 5.95 Å². The number of alkyl halides is 3. The number of nitrogens with one attached hydrogen (secondary N) is 1. The summed E-state index contributed by atoms with van der Waals surface area (Å²) in [6.45, 7) is 0.403. The van der Waals surface area contributed by atoms with Crippen molar-refractivity contribution in [3.8, 4) is 0 Å². The van der Waals surface area contributed by atoms with Crippen LogP contribution in [0.5, 0.6) is 0 Å². The van der Waals surface area contributed by atoms with Crippen LogP contribution in [0.1, 0.15) is 21.6 Å². The van der Waals surface area contributed by atoms with Gasteiger partial charge in [0.05, 0.1) is 5.56 Å². The molecule has 1 heterocycles. The van der Waals surface area contributed by atoms with Crippen molar-refractivity contribution < 1.29 is 18.0 Å². The highest BCUT2D eigenvalue weighted by Gasteiger charge is 2.30. The maximum Gasteiger partial charge on any atom is 0.416 e. The maximum atomic E-state index is 12.8. The molecule has 1 N–H and O–H groups in total. The second kappa shape index (κ2) is 8.08. The number of aromatic nitrogens is 2. The number of rotatable bonds is 5. The Morgan fingerprint density at radius 3 is 2.54 bits per heavy atom. The van der Waals surface area contributed by atoms with Gasteiger partial charge in [-0.15, -0.1) is 0 Å². The molecule has 8 heteroatoms. The molecule has 0 spiro atoms. The molecule has 2 aromatic carbocycles. The van der Waals surface area contributed by atoms with Crippen LogP contribution in [-0.4, -0.2) is 27.8 Å². The topological polar surface area (TPSA) is 58.1 Å². The van der Waals surface area contributed by atoms with Crippen LogP contribution in [0.15, 0.2) is 66.9 Å². The summed E-state index contributed by atoms with van der Waals surface area (Å²) >= 11 is 0. The van der Waals surface area contributed by atoms with E-state index in [1.165, 1.54) is 29.3 Å². The molecule has 0 atom stereocenters. The van der Waals surface area contributed by atoms with Crippen molar-refractivity contribution in [1.82, 2.24) is 14.9 Å². The largest absolute Gasteiger partial charge is 0.416 e. The van der Waals surface area contributed by atoms with E-state index in [1.54, 1.807) is 7.05 Å². The number of carbonyl (C=O) groups excluding carboxylic acids is 1. The molecule has 0 aliphatic heterocycles. The van der Waals surface area contributed by atoms with Crippen LogP contribution in [-0.2, 0) is 12.7 Å². The quantitative estimate of drug-likeness (QED) is 0.701. The number of benzene rings is 2. The number of nitrogens with zero attached hydrogens (tertiary/aromatic N) is 3. The van der Waals surface area contributed by atoms with Crippen molar-refractivity contribution in [2.24, 2.45) is 0 Å². The molecule has 5 nitrogen and oxygen atoms in total. The number of carbonyl (C=O) groups is 1. The highest BCUT2D eigenvalue weighted by atomic mass is 19.4. The summed E-state index contributed by atoms with van der Waals surface area (Å²) in [5, 5.41) is 2.71. The Morgan fingerprint density at radius 1 is 1.07 bits per heavy atom. The van der Waals surface area contributed by atoms with Crippen molar-refractivity contribution >= 4 is 17.5 Å². The Labute approximate surface area is 159 Å². The lowest BCUT2D eigenvalue weighted by molar-refractivity contribution is -0.137. The first-order chi connectivity index (χ1) is 13.3. The van der Waals surface area contributed by atoms with E-state index in [0.717, 1.165) is 17.7 Å². The van der Waals surface area contributed by atoms with Gasteiger partial charge in [-0.3, -0.25) is 4.79 Å². The Morgan fingerprint density at radius 2 is 1.82 bits per heavy atom. The second-order valence-electron chi connectivity index (χ2n) is 6.12. The molecule has 0 bridgehead atoms. The van der Waals surface area contributed by atoms with E-state index in [4.69, 9.17) is 0 Å². The first kappa shape index (κ1) is 19.3. The molecule has 3 aromatic rings. The van der Waals surface area contributed by atoms with E-state index in [1.807, 2.05) is 30.3 Å². The van der Waals surface area contributed by atoms with Crippen LogP contribution in [0, 0.1) is 0 Å². The van der Waals surface area contributed by atoms with Crippen molar-refractivity contribution in [1.29, 1.82) is 0 Å². The lowest BCUT2D eigenvalue weighted by atomic mass is 10.2. The van der Waals surface area contributed by atoms with Crippen LogP contribution < -0.4 is 5.32 Å². The van der Waals surface area contributed by atoms with Crippen LogP contribution in [0.4, 0.5) is 24.8 Å². The highest BCUT2D eigenvalue weighted by Crippen LogP contribution is 2.31. The summed E-state index contributed by atoms with van der Waals surface area (Å²) in [6.07, 6.45) is -3.07. The third kappa shape index (κ3) is 4.85. The van der Waals surface area contributed by atoms with Gasteiger partial charge in [-0.05, 0) is 29.8 Å². The molecule has 0 aliphatic carbocycles. The molecule has 1 amide bonds. The van der Waals surface area contributed by atoms with Gasteiger partial charge < -0.3 is 10.2 Å². The molecule has 0 radical (unpaired) electrons. The minimum Gasteiger partial charge on any atom is -0.336 e. The normalized spacial score (nSPS) is 11.1. The zero-order chi connectivity index (χ0) is 20.1. The van der Waals surface area contributed by atoms with Crippen molar-refractivity contribution in [2.45, 2.75) is 12.7 Å². The molecular weight excluding hydrogens is 369 g/mol. The molecule has 144 valence electrons.